The Morgan fingerprint density at radius 2 is 1.79 bits per heavy atom. The highest BCUT2D eigenvalue weighted by Gasteiger charge is 2.17. The van der Waals surface area contributed by atoms with Gasteiger partial charge < -0.3 is 11.1 Å². The van der Waals surface area contributed by atoms with Crippen LogP contribution in [0.25, 0.3) is 0 Å². The third-order valence-corrected chi connectivity index (χ3v) is 3.92. The van der Waals surface area contributed by atoms with Gasteiger partial charge in [-0.15, -0.1) is 0 Å². The van der Waals surface area contributed by atoms with E-state index in [1.54, 1.807) is 0 Å². The molecule has 0 saturated heterocycles. The van der Waals surface area contributed by atoms with Crippen molar-refractivity contribution in [2.45, 2.75) is 19.3 Å². The standard InChI is InChI=1S/C7H20N2O3PS/c8-4-2-1-3-5-9-6-7-14-13(10,11)12/h9-12H,1-8H2/q+1. The van der Waals surface area contributed by atoms with Gasteiger partial charge in [0.2, 0.25) is 10.9 Å². The molecule has 0 fully saturated rings. The van der Waals surface area contributed by atoms with Gasteiger partial charge >= 0.3 is 6.72 Å². The molecule has 14 heavy (non-hydrogen) atoms. The maximum absolute atomic E-state index is 8.63. The van der Waals surface area contributed by atoms with Gasteiger partial charge in [-0.05, 0) is 25.9 Å². The van der Waals surface area contributed by atoms with Crippen LogP contribution in [-0.2, 0) is 10.9 Å². The Kier molecular flexibility index (Phi) is 9.01. The molecule has 0 aliphatic carbocycles. The Balaban J connectivity index is 3.15. The molecule has 0 aliphatic heterocycles. The largest absolute Gasteiger partial charge is 0.515 e. The second kappa shape index (κ2) is 8.73. The van der Waals surface area contributed by atoms with Crippen LogP contribution in [0.5, 0.6) is 0 Å². The summed E-state index contributed by atoms with van der Waals surface area (Å²) < 4.78 is 0. The quantitative estimate of drug-likeness (QED) is 0.224. The lowest BCUT2D eigenvalue weighted by molar-refractivity contribution is 0.363. The number of unbranched alkanes of at least 4 members (excludes halogenated alkanes) is 2. The summed E-state index contributed by atoms with van der Waals surface area (Å²) in [6.07, 6.45) is 3.25. The monoisotopic (exact) mass is 243 g/mol. The van der Waals surface area contributed by atoms with Gasteiger partial charge in [0, 0.05) is 6.54 Å². The van der Waals surface area contributed by atoms with Crippen molar-refractivity contribution < 1.29 is 14.7 Å². The van der Waals surface area contributed by atoms with E-state index in [1.807, 2.05) is 0 Å². The van der Waals surface area contributed by atoms with Gasteiger partial charge in [0.1, 0.15) is 0 Å². The topological polar surface area (TPSA) is 98.7 Å². The van der Waals surface area contributed by atoms with Crippen molar-refractivity contribution in [3.8, 4) is 0 Å². The van der Waals surface area contributed by atoms with E-state index in [-0.39, 0.29) is 0 Å². The third-order valence-electron chi connectivity index (χ3n) is 1.60. The Labute approximate surface area is 88.5 Å². The van der Waals surface area contributed by atoms with Crippen molar-refractivity contribution in [3.05, 3.63) is 0 Å². The van der Waals surface area contributed by atoms with E-state index in [0.29, 0.717) is 12.3 Å². The molecular weight excluding hydrogens is 223 g/mol. The summed E-state index contributed by atoms with van der Waals surface area (Å²) >= 11 is 0. The lowest BCUT2D eigenvalue weighted by Gasteiger charge is -1.99. The summed E-state index contributed by atoms with van der Waals surface area (Å²) in [6.45, 7) is -1.30. The molecular formula is C7H20N2O3PS+. The summed E-state index contributed by atoms with van der Waals surface area (Å²) in [5, 5.41) is 3.14. The summed E-state index contributed by atoms with van der Waals surface area (Å²) in [6, 6.07) is 0. The molecule has 0 heterocycles. The number of rotatable bonds is 8. The van der Waals surface area contributed by atoms with Crippen LogP contribution in [-0.4, -0.2) is 40.1 Å². The molecule has 0 aromatic carbocycles. The maximum Gasteiger partial charge on any atom is 0.515 e. The number of nitrogens with two attached hydrogens (primary N) is 1. The van der Waals surface area contributed by atoms with Crippen molar-refractivity contribution in [1.82, 2.24) is 5.32 Å². The zero-order valence-corrected chi connectivity index (χ0v) is 9.94. The van der Waals surface area contributed by atoms with Crippen molar-refractivity contribution in [2.24, 2.45) is 5.73 Å². The Morgan fingerprint density at radius 1 is 1.07 bits per heavy atom. The van der Waals surface area contributed by atoms with Gasteiger partial charge in [0.25, 0.3) is 0 Å². The van der Waals surface area contributed by atoms with E-state index in [2.05, 4.69) is 5.32 Å². The van der Waals surface area contributed by atoms with Crippen LogP contribution < -0.4 is 11.1 Å². The Hall–Kier alpha value is 0.450. The zero-order valence-electron chi connectivity index (χ0n) is 8.22. The predicted molar refractivity (Wildman–Crippen MR) is 61.6 cm³/mol. The minimum absolute atomic E-state index is 0.508. The average molecular weight is 243 g/mol. The van der Waals surface area contributed by atoms with Crippen LogP contribution in [0.15, 0.2) is 0 Å². The van der Waals surface area contributed by atoms with E-state index >= 15 is 0 Å². The molecule has 0 bridgehead atoms. The van der Waals surface area contributed by atoms with Gasteiger partial charge in [-0.1, -0.05) is 6.42 Å². The fourth-order valence-electron chi connectivity index (χ4n) is 0.936. The normalized spacial score (nSPS) is 11.7. The smallest absolute Gasteiger partial charge is 0.330 e. The number of hydrogen-bond donors (Lipinski definition) is 5. The highest BCUT2D eigenvalue weighted by molar-refractivity contribution is 8.16. The van der Waals surface area contributed by atoms with Crippen molar-refractivity contribution in [2.75, 3.05) is 25.4 Å². The van der Waals surface area contributed by atoms with Crippen LogP contribution in [0, 0.1) is 0 Å². The van der Waals surface area contributed by atoms with E-state index in [9.17, 15) is 0 Å². The second-order valence-electron chi connectivity index (χ2n) is 2.95. The minimum Gasteiger partial charge on any atom is -0.330 e. The predicted octanol–water partition coefficient (Wildman–Crippen LogP) is -0.558. The van der Waals surface area contributed by atoms with Crippen molar-refractivity contribution in [1.29, 1.82) is 0 Å². The van der Waals surface area contributed by atoms with Crippen molar-refractivity contribution >= 4 is 17.7 Å². The van der Waals surface area contributed by atoms with Crippen LogP contribution in [0.1, 0.15) is 19.3 Å². The summed E-state index contributed by atoms with van der Waals surface area (Å²) in [4.78, 5) is 25.9. The molecule has 5 nitrogen and oxygen atoms in total. The van der Waals surface area contributed by atoms with Gasteiger partial charge in [-0.2, -0.15) is 0 Å². The minimum atomic E-state index is -3.62. The van der Waals surface area contributed by atoms with E-state index in [1.165, 1.54) is 0 Å². The molecule has 7 heteroatoms. The van der Waals surface area contributed by atoms with Crippen LogP contribution in [0.3, 0.4) is 0 Å². The molecule has 0 spiro atoms. The van der Waals surface area contributed by atoms with Crippen LogP contribution >= 0.6 is 6.72 Å². The van der Waals surface area contributed by atoms with E-state index in [0.717, 1.165) is 43.3 Å². The maximum atomic E-state index is 8.63. The van der Waals surface area contributed by atoms with Gasteiger partial charge in [0.15, 0.2) is 5.75 Å². The first-order valence-electron chi connectivity index (χ1n) is 4.69. The van der Waals surface area contributed by atoms with Crippen LogP contribution in [0.2, 0.25) is 0 Å². The molecule has 6 N–H and O–H groups in total. The number of hydrogen-bond acceptors (Lipinski definition) is 2. The zero-order chi connectivity index (χ0) is 10.9. The highest BCUT2D eigenvalue weighted by atomic mass is 32.5. The summed E-state index contributed by atoms with van der Waals surface area (Å²) in [7, 11) is 0.797. The Morgan fingerprint density at radius 3 is 2.36 bits per heavy atom. The second-order valence-corrected chi connectivity index (χ2v) is 6.88. The SMILES string of the molecule is NCCCCCNCC[S+]=P(O)(O)O. The van der Waals surface area contributed by atoms with Gasteiger partial charge in [-0.25, -0.2) is 0 Å². The van der Waals surface area contributed by atoms with Gasteiger partial charge in [-0.3, -0.25) is 14.7 Å². The van der Waals surface area contributed by atoms with Gasteiger partial charge in [0.05, 0.1) is 0 Å². The van der Waals surface area contributed by atoms with E-state index < -0.39 is 6.72 Å². The fourth-order valence-corrected chi connectivity index (χ4v) is 2.43. The molecule has 0 atom stereocenters. The highest BCUT2D eigenvalue weighted by Crippen LogP contribution is 2.30. The van der Waals surface area contributed by atoms with Crippen LogP contribution in [0.4, 0.5) is 0 Å². The molecule has 0 unspecified atom stereocenters. The third kappa shape index (κ3) is 12.4. The molecule has 0 aromatic rings. The molecule has 0 rings (SSSR count). The molecule has 0 aliphatic rings. The number of nitrogens with one attached hydrogen (secondary N) is 1. The lowest BCUT2D eigenvalue weighted by Crippen LogP contribution is -2.19. The molecule has 86 valence electrons. The summed E-state index contributed by atoms with van der Waals surface area (Å²) in [5.74, 6) is 0.508. The first kappa shape index (κ1) is 14.5. The molecule has 0 radical (unpaired) electrons. The molecule has 0 amide bonds. The Bertz CT molecular complexity index is 178. The average Bonchev–Trinajstić information content (AvgIpc) is 2.08. The first-order valence-corrected chi connectivity index (χ1v) is 7.92. The summed E-state index contributed by atoms with van der Waals surface area (Å²) in [5.41, 5.74) is 5.34. The first-order chi connectivity index (χ1) is 6.56. The van der Waals surface area contributed by atoms with E-state index in [4.69, 9.17) is 20.4 Å². The molecule has 0 aromatic heterocycles. The van der Waals surface area contributed by atoms with Crippen molar-refractivity contribution in [3.63, 3.8) is 0 Å². The fraction of sp³-hybridized carbons (Fsp3) is 1.00. The molecule has 0 saturated carbocycles. The lowest BCUT2D eigenvalue weighted by atomic mass is 10.2.